The summed E-state index contributed by atoms with van der Waals surface area (Å²) < 4.78 is 0. The second-order valence-corrected chi connectivity index (χ2v) is 5.66. The summed E-state index contributed by atoms with van der Waals surface area (Å²) in [7, 11) is 3.44. The van der Waals surface area contributed by atoms with E-state index in [0.29, 0.717) is 18.9 Å². The molecule has 1 rings (SSSR count). The van der Waals surface area contributed by atoms with E-state index in [1.807, 2.05) is 13.8 Å². The molecule has 0 radical (unpaired) electrons. The van der Waals surface area contributed by atoms with Crippen molar-refractivity contribution in [1.29, 1.82) is 0 Å². The molecule has 5 heteroatoms. The molecule has 2 amide bonds. The maximum Gasteiger partial charge on any atom is 0.244 e. The van der Waals surface area contributed by atoms with E-state index >= 15 is 0 Å². The Balaban J connectivity index is 2.69. The van der Waals surface area contributed by atoms with Crippen LogP contribution in [0.2, 0.25) is 0 Å². The zero-order valence-corrected chi connectivity index (χ0v) is 11.8. The fourth-order valence-electron chi connectivity index (χ4n) is 2.41. The molecule has 0 spiro atoms. The predicted molar refractivity (Wildman–Crippen MR) is 70.9 cm³/mol. The van der Waals surface area contributed by atoms with Crippen LogP contribution in [0.4, 0.5) is 0 Å². The van der Waals surface area contributed by atoms with E-state index in [-0.39, 0.29) is 17.9 Å². The van der Waals surface area contributed by atoms with Crippen LogP contribution in [0.25, 0.3) is 0 Å². The molecule has 104 valence electrons. The minimum atomic E-state index is -0.486. The van der Waals surface area contributed by atoms with Gasteiger partial charge in [-0.1, -0.05) is 13.8 Å². The Morgan fingerprint density at radius 3 is 2.50 bits per heavy atom. The predicted octanol–water partition coefficient (Wildman–Crippen LogP) is 0.439. The van der Waals surface area contributed by atoms with Gasteiger partial charge in [0, 0.05) is 20.6 Å². The Bertz CT molecular complexity index is 315. The van der Waals surface area contributed by atoms with E-state index in [0.717, 1.165) is 12.8 Å². The SMILES string of the molecule is CC(C)C[C@@H](N)C(=O)N1CCCC1C(=O)N(C)C. The maximum absolute atomic E-state index is 12.2. The first-order chi connectivity index (χ1) is 8.34. The summed E-state index contributed by atoms with van der Waals surface area (Å²) in [5.74, 6) is 0.300. The van der Waals surface area contributed by atoms with Crippen molar-refractivity contribution in [3.63, 3.8) is 0 Å². The van der Waals surface area contributed by atoms with Crippen LogP contribution in [-0.4, -0.2) is 54.3 Å². The number of rotatable bonds is 4. The van der Waals surface area contributed by atoms with Gasteiger partial charge in [0.2, 0.25) is 11.8 Å². The Hall–Kier alpha value is -1.10. The van der Waals surface area contributed by atoms with Gasteiger partial charge in [-0.15, -0.1) is 0 Å². The van der Waals surface area contributed by atoms with Crippen molar-refractivity contribution in [3.05, 3.63) is 0 Å². The van der Waals surface area contributed by atoms with Crippen LogP contribution >= 0.6 is 0 Å². The molecule has 1 unspecified atom stereocenters. The van der Waals surface area contributed by atoms with Gasteiger partial charge >= 0.3 is 0 Å². The molecule has 1 aliphatic heterocycles. The van der Waals surface area contributed by atoms with Crippen molar-refractivity contribution in [3.8, 4) is 0 Å². The summed E-state index contributed by atoms with van der Waals surface area (Å²) in [6.07, 6.45) is 2.29. The van der Waals surface area contributed by atoms with E-state index in [9.17, 15) is 9.59 Å². The monoisotopic (exact) mass is 255 g/mol. The normalized spacial score (nSPS) is 21.2. The van der Waals surface area contributed by atoms with Gasteiger partial charge in [-0.25, -0.2) is 0 Å². The summed E-state index contributed by atoms with van der Waals surface area (Å²) in [5, 5.41) is 0. The quantitative estimate of drug-likeness (QED) is 0.792. The minimum Gasteiger partial charge on any atom is -0.347 e. The van der Waals surface area contributed by atoms with Crippen LogP contribution in [0.1, 0.15) is 33.1 Å². The van der Waals surface area contributed by atoms with Crippen molar-refractivity contribution in [1.82, 2.24) is 9.80 Å². The molecule has 2 N–H and O–H groups in total. The largest absolute Gasteiger partial charge is 0.347 e. The van der Waals surface area contributed by atoms with Crippen LogP contribution in [0.15, 0.2) is 0 Å². The molecule has 0 aromatic rings. The minimum absolute atomic E-state index is 0.00223. The smallest absolute Gasteiger partial charge is 0.244 e. The molecule has 0 aromatic carbocycles. The van der Waals surface area contributed by atoms with E-state index in [2.05, 4.69) is 0 Å². The van der Waals surface area contributed by atoms with Gasteiger partial charge < -0.3 is 15.5 Å². The molecule has 2 atom stereocenters. The van der Waals surface area contributed by atoms with E-state index in [4.69, 9.17) is 5.73 Å². The highest BCUT2D eigenvalue weighted by Crippen LogP contribution is 2.20. The average molecular weight is 255 g/mol. The Morgan fingerprint density at radius 2 is 2.00 bits per heavy atom. The molecule has 0 bridgehead atoms. The van der Waals surface area contributed by atoms with Gasteiger partial charge in [-0.05, 0) is 25.2 Å². The standard InChI is InChI=1S/C13H25N3O2/c1-9(2)8-10(14)12(17)16-7-5-6-11(16)13(18)15(3)4/h9-11H,5-8,14H2,1-4H3/t10-,11?/m1/s1. The van der Waals surface area contributed by atoms with Crippen molar-refractivity contribution in [2.75, 3.05) is 20.6 Å². The summed E-state index contributed by atoms with van der Waals surface area (Å²) in [5.41, 5.74) is 5.92. The maximum atomic E-state index is 12.2. The van der Waals surface area contributed by atoms with Crippen LogP contribution in [0.3, 0.4) is 0 Å². The highest BCUT2D eigenvalue weighted by Gasteiger charge is 2.36. The zero-order valence-electron chi connectivity index (χ0n) is 11.8. The number of likely N-dealkylation sites (tertiary alicyclic amines) is 1. The molecule has 1 fully saturated rings. The number of likely N-dealkylation sites (N-methyl/N-ethyl adjacent to an activating group) is 1. The number of nitrogens with two attached hydrogens (primary N) is 1. The second-order valence-electron chi connectivity index (χ2n) is 5.66. The topological polar surface area (TPSA) is 66.6 Å². The molecule has 18 heavy (non-hydrogen) atoms. The lowest BCUT2D eigenvalue weighted by Gasteiger charge is -2.28. The molecule has 1 saturated heterocycles. The third-order valence-corrected chi connectivity index (χ3v) is 3.30. The molecule has 5 nitrogen and oxygen atoms in total. The van der Waals surface area contributed by atoms with Crippen LogP contribution in [-0.2, 0) is 9.59 Å². The van der Waals surface area contributed by atoms with E-state index in [1.54, 1.807) is 23.9 Å². The first-order valence-electron chi connectivity index (χ1n) is 6.61. The van der Waals surface area contributed by atoms with Crippen molar-refractivity contribution < 1.29 is 9.59 Å². The number of hydrogen-bond acceptors (Lipinski definition) is 3. The van der Waals surface area contributed by atoms with Gasteiger partial charge in [-0.2, -0.15) is 0 Å². The molecular formula is C13H25N3O2. The molecular weight excluding hydrogens is 230 g/mol. The lowest BCUT2D eigenvalue weighted by atomic mass is 10.0. The third kappa shape index (κ3) is 3.45. The summed E-state index contributed by atoms with van der Waals surface area (Å²) in [6.45, 7) is 4.73. The first-order valence-corrected chi connectivity index (χ1v) is 6.61. The molecule has 1 heterocycles. The van der Waals surface area contributed by atoms with Crippen LogP contribution < -0.4 is 5.73 Å². The number of carbonyl (C=O) groups is 2. The fourth-order valence-corrected chi connectivity index (χ4v) is 2.41. The van der Waals surface area contributed by atoms with E-state index < -0.39 is 6.04 Å². The number of hydrogen-bond donors (Lipinski definition) is 1. The fraction of sp³-hybridized carbons (Fsp3) is 0.846. The summed E-state index contributed by atoms with van der Waals surface area (Å²) >= 11 is 0. The van der Waals surface area contributed by atoms with Gasteiger partial charge in [0.1, 0.15) is 6.04 Å². The molecule has 0 aliphatic carbocycles. The van der Waals surface area contributed by atoms with Crippen LogP contribution in [0.5, 0.6) is 0 Å². The number of amides is 2. The zero-order chi connectivity index (χ0) is 13.9. The van der Waals surface area contributed by atoms with Crippen molar-refractivity contribution >= 4 is 11.8 Å². The Morgan fingerprint density at radius 1 is 1.39 bits per heavy atom. The second kappa shape index (κ2) is 6.18. The highest BCUT2D eigenvalue weighted by molar-refractivity contribution is 5.90. The van der Waals surface area contributed by atoms with Crippen molar-refractivity contribution in [2.24, 2.45) is 11.7 Å². The molecule has 0 aromatic heterocycles. The van der Waals surface area contributed by atoms with E-state index in [1.165, 1.54) is 0 Å². The lowest BCUT2D eigenvalue weighted by molar-refractivity contribution is -0.143. The Kier molecular flexibility index (Phi) is 5.14. The first kappa shape index (κ1) is 15.0. The number of nitrogens with zero attached hydrogens (tertiary/aromatic N) is 2. The summed E-state index contributed by atoms with van der Waals surface area (Å²) in [4.78, 5) is 27.5. The lowest BCUT2D eigenvalue weighted by Crippen LogP contribution is -2.51. The van der Waals surface area contributed by atoms with Gasteiger partial charge in [0.05, 0.1) is 6.04 Å². The molecule has 0 saturated carbocycles. The highest BCUT2D eigenvalue weighted by atomic mass is 16.2. The Labute approximate surface area is 109 Å². The van der Waals surface area contributed by atoms with Crippen molar-refractivity contribution in [2.45, 2.75) is 45.2 Å². The number of carbonyl (C=O) groups excluding carboxylic acids is 2. The molecule has 1 aliphatic rings. The third-order valence-electron chi connectivity index (χ3n) is 3.30. The van der Waals surface area contributed by atoms with Gasteiger partial charge in [-0.3, -0.25) is 9.59 Å². The summed E-state index contributed by atoms with van der Waals surface area (Å²) in [6, 6.07) is -0.800. The van der Waals surface area contributed by atoms with Gasteiger partial charge in [0.15, 0.2) is 0 Å². The van der Waals surface area contributed by atoms with Gasteiger partial charge in [0.25, 0.3) is 0 Å². The average Bonchev–Trinajstić information content (AvgIpc) is 2.74. The van der Waals surface area contributed by atoms with Crippen LogP contribution in [0, 0.1) is 5.92 Å².